The highest BCUT2D eigenvalue weighted by Gasteiger charge is 2.08. The van der Waals surface area contributed by atoms with E-state index in [2.05, 4.69) is 5.32 Å². The minimum Gasteiger partial charge on any atom is -0.399 e. The molecule has 1 amide bonds. The van der Waals surface area contributed by atoms with Crippen molar-refractivity contribution < 1.29 is 4.79 Å². The van der Waals surface area contributed by atoms with Gasteiger partial charge < -0.3 is 16.5 Å². The average molecular weight is 219 g/mol. The Hall–Kier alpha value is -1.84. The van der Waals surface area contributed by atoms with E-state index in [0.717, 1.165) is 5.56 Å². The Morgan fingerprint density at radius 2 is 2.00 bits per heavy atom. The standard InChI is InChI=1S/C12H17N3O/c1-8(15-9(2)16)7-12(14)10-3-5-11(13)6-4-10/h3-6,8,14H,7,13H2,1-2H3,(H,15,16)/t8-/m1/s1. The Morgan fingerprint density at radius 3 is 2.50 bits per heavy atom. The summed E-state index contributed by atoms with van der Waals surface area (Å²) in [7, 11) is 0. The van der Waals surface area contributed by atoms with Crippen molar-refractivity contribution in [3.8, 4) is 0 Å². The minimum absolute atomic E-state index is 0.0254. The van der Waals surface area contributed by atoms with Gasteiger partial charge in [-0.2, -0.15) is 0 Å². The molecule has 4 N–H and O–H groups in total. The summed E-state index contributed by atoms with van der Waals surface area (Å²) in [5.41, 5.74) is 7.59. The van der Waals surface area contributed by atoms with Crippen molar-refractivity contribution in [3.05, 3.63) is 29.8 Å². The molecule has 86 valence electrons. The van der Waals surface area contributed by atoms with Crippen molar-refractivity contribution in [2.45, 2.75) is 26.3 Å². The quantitative estimate of drug-likeness (QED) is 0.530. The molecule has 1 atom stereocenters. The number of rotatable bonds is 4. The lowest BCUT2D eigenvalue weighted by Crippen LogP contribution is -2.32. The summed E-state index contributed by atoms with van der Waals surface area (Å²) in [6.45, 7) is 3.36. The first-order valence-corrected chi connectivity index (χ1v) is 5.19. The molecule has 0 spiro atoms. The van der Waals surface area contributed by atoms with Gasteiger partial charge in [0.15, 0.2) is 0 Å². The number of nitrogens with one attached hydrogen (secondary N) is 2. The zero-order valence-electron chi connectivity index (χ0n) is 9.58. The topological polar surface area (TPSA) is 79.0 Å². The maximum Gasteiger partial charge on any atom is 0.217 e. The van der Waals surface area contributed by atoms with Gasteiger partial charge in [-0.25, -0.2) is 0 Å². The van der Waals surface area contributed by atoms with E-state index in [4.69, 9.17) is 11.1 Å². The molecule has 0 bridgehead atoms. The third-order valence-electron chi connectivity index (χ3n) is 2.22. The van der Waals surface area contributed by atoms with Gasteiger partial charge in [-0.1, -0.05) is 12.1 Å². The second-order valence-electron chi connectivity index (χ2n) is 3.91. The maximum absolute atomic E-state index is 10.8. The maximum atomic E-state index is 10.8. The van der Waals surface area contributed by atoms with Crippen LogP contribution < -0.4 is 11.1 Å². The molecule has 4 heteroatoms. The second kappa shape index (κ2) is 5.30. The lowest BCUT2D eigenvalue weighted by molar-refractivity contribution is -0.119. The molecule has 1 aromatic rings. The summed E-state index contributed by atoms with van der Waals surface area (Å²) < 4.78 is 0. The van der Waals surface area contributed by atoms with Crippen LogP contribution in [-0.4, -0.2) is 17.7 Å². The number of nitrogens with two attached hydrogens (primary N) is 1. The summed E-state index contributed by atoms with van der Waals surface area (Å²) in [4.78, 5) is 10.8. The highest BCUT2D eigenvalue weighted by Crippen LogP contribution is 2.09. The molecule has 0 aliphatic carbocycles. The van der Waals surface area contributed by atoms with Crippen LogP contribution in [-0.2, 0) is 4.79 Å². The summed E-state index contributed by atoms with van der Waals surface area (Å²) in [5.74, 6) is -0.0717. The van der Waals surface area contributed by atoms with Gasteiger partial charge in [0.25, 0.3) is 0 Å². The second-order valence-corrected chi connectivity index (χ2v) is 3.91. The van der Waals surface area contributed by atoms with E-state index in [9.17, 15) is 4.79 Å². The zero-order chi connectivity index (χ0) is 12.1. The van der Waals surface area contributed by atoms with Crippen molar-refractivity contribution in [1.29, 1.82) is 5.41 Å². The van der Waals surface area contributed by atoms with Crippen LogP contribution in [0.2, 0.25) is 0 Å². The third-order valence-corrected chi connectivity index (χ3v) is 2.22. The van der Waals surface area contributed by atoms with Gasteiger partial charge in [-0.15, -0.1) is 0 Å². The van der Waals surface area contributed by atoms with Gasteiger partial charge in [0.05, 0.1) is 0 Å². The van der Waals surface area contributed by atoms with E-state index in [0.29, 0.717) is 17.8 Å². The first kappa shape index (κ1) is 12.2. The van der Waals surface area contributed by atoms with Crippen molar-refractivity contribution in [2.24, 2.45) is 0 Å². The molecule has 0 aliphatic rings. The average Bonchev–Trinajstić information content (AvgIpc) is 2.16. The smallest absolute Gasteiger partial charge is 0.217 e. The van der Waals surface area contributed by atoms with Crippen molar-refractivity contribution in [3.63, 3.8) is 0 Å². The van der Waals surface area contributed by atoms with Crippen LogP contribution in [0.15, 0.2) is 24.3 Å². The third kappa shape index (κ3) is 3.73. The molecule has 1 rings (SSSR count). The SMILES string of the molecule is CC(=O)N[C@H](C)CC(=N)c1ccc(N)cc1. The van der Waals surface area contributed by atoms with Crippen LogP contribution in [0.3, 0.4) is 0 Å². The Morgan fingerprint density at radius 1 is 1.44 bits per heavy atom. The molecule has 0 unspecified atom stereocenters. The molecule has 0 saturated carbocycles. The Bertz CT molecular complexity index is 384. The number of benzene rings is 1. The number of nitrogen functional groups attached to an aromatic ring is 1. The van der Waals surface area contributed by atoms with Gasteiger partial charge in [0.2, 0.25) is 5.91 Å². The molecule has 0 aromatic heterocycles. The molecule has 16 heavy (non-hydrogen) atoms. The molecule has 4 nitrogen and oxygen atoms in total. The van der Waals surface area contributed by atoms with Crippen LogP contribution in [0.25, 0.3) is 0 Å². The van der Waals surface area contributed by atoms with Crippen molar-refractivity contribution in [2.75, 3.05) is 5.73 Å². The monoisotopic (exact) mass is 219 g/mol. The van der Waals surface area contributed by atoms with Crippen LogP contribution >= 0.6 is 0 Å². The van der Waals surface area contributed by atoms with Crippen molar-refractivity contribution in [1.82, 2.24) is 5.32 Å². The molecule has 0 saturated heterocycles. The van der Waals surface area contributed by atoms with Crippen LogP contribution in [0.1, 0.15) is 25.8 Å². The molecule has 1 aromatic carbocycles. The molecule has 0 heterocycles. The van der Waals surface area contributed by atoms with E-state index >= 15 is 0 Å². The predicted octanol–water partition coefficient (Wildman–Crippen LogP) is 1.55. The van der Waals surface area contributed by atoms with Crippen LogP contribution in [0.5, 0.6) is 0 Å². The fourth-order valence-electron chi connectivity index (χ4n) is 1.51. The number of amides is 1. The van der Waals surface area contributed by atoms with E-state index < -0.39 is 0 Å². The number of carbonyl (C=O) groups excluding carboxylic acids is 1. The summed E-state index contributed by atoms with van der Waals surface area (Å²) in [6, 6.07) is 7.15. The Labute approximate surface area is 95.4 Å². The van der Waals surface area contributed by atoms with E-state index in [1.807, 2.05) is 19.1 Å². The number of carbonyl (C=O) groups is 1. The number of hydrogen-bond acceptors (Lipinski definition) is 3. The normalized spacial score (nSPS) is 11.9. The summed E-state index contributed by atoms with van der Waals surface area (Å²) in [5, 5.41) is 10.6. The van der Waals surface area contributed by atoms with Gasteiger partial charge in [0, 0.05) is 30.8 Å². The largest absolute Gasteiger partial charge is 0.399 e. The lowest BCUT2D eigenvalue weighted by Gasteiger charge is -2.13. The Kier molecular flexibility index (Phi) is 4.05. The minimum atomic E-state index is -0.0717. The van der Waals surface area contributed by atoms with Crippen molar-refractivity contribution >= 4 is 17.3 Å². The first-order valence-electron chi connectivity index (χ1n) is 5.19. The van der Waals surface area contributed by atoms with Gasteiger partial charge in [-0.05, 0) is 24.6 Å². The highest BCUT2D eigenvalue weighted by molar-refractivity contribution is 5.98. The first-order chi connectivity index (χ1) is 7.49. The molecule has 0 fully saturated rings. The van der Waals surface area contributed by atoms with E-state index in [1.165, 1.54) is 6.92 Å². The Balaban J connectivity index is 2.58. The molecular formula is C12H17N3O. The fourth-order valence-corrected chi connectivity index (χ4v) is 1.51. The molecule has 0 radical (unpaired) electrons. The van der Waals surface area contributed by atoms with Gasteiger partial charge in [0.1, 0.15) is 0 Å². The van der Waals surface area contributed by atoms with Crippen LogP contribution in [0, 0.1) is 5.41 Å². The number of anilines is 1. The summed E-state index contributed by atoms with van der Waals surface area (Å²) >= 11 is 0. The van der Waals surface area contributed by atoms with Gasteiger partial charge >= 0.3 is 0 Å². The lowest BCUT2D eigenvalue weighted by atomic mass is 10.0. The fraction of sp³-hybridized carbons (Fsp3) is 0.333. The van der Waals surface area contributed by atoms with Gasteiger partial charge in [-0.3, -0.25) is 4.79 Å². The predicted molar refractivity (Wildman–Crippen MR) is 65.6 cm³/mol. The van der Waals surface area contributed by atoms with Crippen LogP contribution in [0.4, 0.5) is 5.69 Å². The molecule has 0 aliphatic heterocycles. The number of hydrogen-bond donors (Lipinski definition) is 3. The zero-order valence-corrected chi connectivity index (χ0v) is 9.58. The molecular weight excluding hydrogens is 202 g/mol. The van der Waals surface area contributed by atoms with E-state index in [1.54, 1.807) is 12.1 Å². The van der Waals surface area contributed by atoms with E-state index in [-0.39, 0.29) is 11.9 Å². The highest BCUT2D eigenvalue weighted by atomic mass is 16.1. The summed E-state index contributed by atoms with van der Waals surface area (Å²) in [6.07, 6.45) is 0.517.